The molecule has 1 heterocycles. The Balaban J connectivity index is 1.81. The zero-order valence-corrected chi connectivity index (χ0v) is 17.4. The molecule has 6 nitrogen and oxygen atoms in total. The fraction of sp³-hybridized carbons (Fsp3) is 0.292. The lowest BCUT2D eigenvalue weighted by molar-refractivity contribution is 0.305. The largest absolute Gasteiger partial charge is 0.502 e. The summed E-state index contributed by atoms with van der Waals surface area (Å²) in [6.07, 6.45) is 6.29. The predicted molar refractivity (Wildman–Crippen MR) is 122 cm³/mol. The standard InChI is InChI=1S/C24H28N2O4/c1-26(2)18-9-6-17(7-10-18)8-13-21-24(28)23(27)20-12-11-19(16-22(20)30-21)29-15-5-3-4-14-25/h6-13,16,28H,3-5,14-15,25H2,1-2H3/b13-8+. The van der Waals surface area contributed by atoms with Gasteiger partial charge in [-0.25, -0.2) is 0 Å². The highest BCUT2D eigenvalue weighted by Gasteiger charge is 2.12. The number of benzene rings is 2. The van der Waals surface area contributed by atoms with Gasteiger partial charge in [0.1, 0.15) is 11.3 Å². The first kappa shape index (κ1) is 21.5. The monoisotopic (exact) mass is 408 g/mol. The van der Waals surface area contributed by atoms with E-state index in [2.05, 4.69) is 0 Å². The number of nitrogens with two attached hydrogens (primary N) is 1. The zero-order chi connectivity index (χ0) is 21.5. The molecule has 0 spiro atoms. The van der Waals surface area contributed by atoms with E-state index in [9.17, 15) is 9.90 Å². The van der Waals surface area contributed by atoms with Crippen molar-refractivity contribution in [2.24, 2.45) is 5.73 Å². The molecule has 0 bridgehead atoms. The van der Waals surface area contributed by atoms with Crippen LogP contribution in [-0.4, -0.2) is 32.4 Å². The summed E-state index contributed by atoms with van der Waals surface area (Å²) >= 11 is 0. The molecule has 0 saturated heterocycles. The van der Waals surface area contributed by atoms with Gasteiger partial charge in [-0.1, -0.05) is 18.2 Å². The number of ether oxygens (including phenoxy) is 1. The number of nitrogens with zero attached hydrogens (tertiary/aromatic N) is 1. The quantitative estimate of drug-likeness (QED) is 0.515. The van der Waals surface area contributed by atoms with Crippen LogP contribution in [0.1, 0.15) is 30.6 Å². The maximum atomic E-state index is 12.5. The number of anilines is 1. The Morgan fingerprint density at radius 2 is 1.83 bits per heavy atom. The van der Waals surface area contributed by atoms with Gasteiger partial charge in [0.2, 0.25) is 11.2 Å². The minimum absolute atomic E-state index is 0.115. The molecule has 0 unspecified atom stereocenters. The Bertz CT molecular complexity index is 1070. The number of unbranched alkanes of at least 4 members (excludes halogenated alkanes) is 2. The average Bonchev–Trinajstić information content (AvgIpc) is 2.75. The predicted octanol–water partition coefficient (Wildman–Crippen LogP) is 4.24. The molecule has 0 radical (unpaired) electrons. The first-order chi connectivity index (χ1) is 14.5. The zero-order valence-electron chi connectivity index (χ0n) is 17.4. The second-order valence-corrected chi connectivity index (χ2v) is 7.32. The lowest BCUT2D eigenvalue weighted by atomic mass is 10.1. The fourth-order valence-corrected chi connectivity index (χ4v) is 3.05. The summed E-state index contributed by atoms with van der Waals surface area (Å²) in [6, 6.07) is 12.9. The van der Waals surface area contributed by atoms with Crippen LogP contribution in [0.3, 0.4) is 0 Å². The summed E-state index contributed by atoms with van der Waals surface area (Å²) in [7, 11) is 3.95. The van der Waals surface area contributed by atoms with E-state index < -0.39 is 11.2 Å². The van der Waals surface area contributed by atoms with Crippen LogP contribution in [0.25, 0.3) is 23.1 Å². The van der Waals surface area contributed by atoms with E-state index in [1.54, 1.807) is 30.4 Å². The van der Waals surface area contributed by atoms with Crippen molar-refractivity contribution in [2.45, 2.75) is 19.3 Å². The maximum absolute atomic E-state index is 12.5. The molecule has 158 valence electrons. The molecule has 0 aliphatic carbocycles. The topological polar surface area (TPSA) is 88.9 Å². The second kappa shape index (κ2) is 9.98. The van der Waals surface area contributed by atoms with Crippen LogP contribution in [0.5, 0.6) is 11.5 Å². The third-order valence-electron chi connectivity index (χ3n) is 4.82. The molecule has 0 aliphatic rings. The van der Waals surface area contributed by atoms with Crippen molar-refractivity contribution in [2.75, 3.05) is 32.1 Å². The first-order valence-corrected chi connectivity index (χ1v) is 10.1. The summed E-state index contributed by atoms with van der Waals surface area (Å²) in [5.41, 5.74) is 7.42. The van der Waals surface area contributed by atoms with Gasteiger partial charge in [-0.2, -0.15) is 0 Å². The van der Waals surface area contributed by atoms with Gasteiger partial charge in [0.05, 0.1) is 12.0 Å². The van der Waals surface area contributed by atoms with E-state index in [0.29, 0.717) is 29.9 Å². The van der Waals surface area contributed by atoms with E-state index in [1.807, 2.05) is 43.3 Å². The van der Waals surface area contributed by atoms with Crippen molar-refractivity contribution in [1.82, 2.24) is 0 Å². The summed E-state index contributed by atoms with van der Waals surface area (Å²) in [5, 5.41) is 10.6. The Morgan fingerprint density at radius 1 is 1.07 bits per heavy atom. The molecule has 0 atom stereocenters. The van der Waals surface area contributed by atoms with E-state index in [4.69, 9.17) is 14.9 Å². The minimum atomic E-state index is -0.464. The molecule has 3 N–H and O–H groups in total. The second-order valence-electron chi connectivity index (χ2n) is 7.32. The van der Waals surface area contributed by atoms with Crippen LogP contribution in [0.4, 0.5) is 5.69 Å². The van der Waals surface area contributed by atoms with Crippen molar-refractivity contribution >= 4 is 28.8 Å². The average molecular weight is 408 g/mol. The Morgan fingerprint density at radius 3 is 2.53 bits per heavy atom. The Labute approximate surface area is 176 Å². The minimum Gasteiger partial charge on any atom is -0.502 e. The molecule has 0 fully saturated rings. The van der Waals surface area contributed by atoms with Crippen LogP contribution in [-0.2, 0) is 0 Å². The van der Waals surface area contributed by atoms with Gasteiger partial charge in [-0.15, -0.1) is 0 Å². The summed E-state index contributed by atoms with van der Waals surface area (Å²) in [4.78, 5) is 14.5. The van der Waals surface area contributed by atoms with Gasteiger partial charge in [0, 0.05) is 25.8 Å². The molecule has 3 aromatic rings. The third-order valence-corrected chi connectivity index (χ3v) is 4.82. The Hall–Kier alpha value is -3.25. The van der Waals surface area contributed by atoms with Gasteiger partial charge < -0.3 is 24.9 Å². The SMILES string of the molecule is CN(C)c1ccc(/C=C/c2oc3cc(OCCCCCN)ccc3c(=O)c2O)cc1. The normalized spacial score (nSPS) is 11.3. The van der Waals surface area contributed by atoms with Crippen molar-refractivity contribution in [1.29, 1.82) is 0 Å². The molecule has 2 aromatic carbocycles. The number of rotatable bonds is 9. The highest BCUT2D eigenvalue weighted by Crippen LogP contribution is 2.25. The van der Waals surface area contributed by atoms with E-state index in [-0.39, 0.29) is 5.76 Å². The fourth-order valence-electron chi connectivity index (χ4n) is 3.05. The van der Waals surface area contributed by atoms with Crippen LogP contribution < -0.4 is 20.8 Å². The summed E-state index contributed by atoms with van der Waals surface area (Å²) < 4.78 is 11.5. The van der Waals surface area contributed by atoms with E-state index in [0.717, 1.165) is 30.5 Å². The van der Waals surface area contributed by atoms with E-state index >= 15 is 0 Å². The Kier molecular flexibility index (Phi) is 7.14. The summed E-state index contributed by atoms with van der Waals surface area (Å²) in [6.45, 7) is 1.25. The van der Waals surface area contributed by atoms with Crippen molar-refractivity contribution in [3.05, 3.63) is 64.0 Å². The van der Waals surface area contributed by atoms with Crippen molar-refractivity contribution in [3.63, 3.8) is 0 Å². The smallest absolute Gasteiger partial charge is 0.235 e. The highest BCUT2D eigenvalue weighted by atomic mass is 16.5. The van der Waals surface area contributed by atoms with Gasteiger partial charge in [-0.3, -0.25) is 4.79 Å². The van der Waals surface area contributed by atoms with Crippen LogP contribution in [0.15, 0.2) is 51.7 Å². The van der Waals surface area contributed by atoms with Crippen molar-refractivity contribution in [3.8, 4) is 11.5 Å². The van der Waals surface area contributed by atoms with Crippen LogP contribution in [0, 0.1) is 0 Å². The molecule has 0 aliphatic heterocycles. The van der Waals surface area contributed by atoms with Gasteiger partial charge >= 0.3 is 0 Å². The maximum Gasteiger partial charge on any atom is 0.235 e. The molecule has 1 aromatic heterocycles. The van der Waals surface area contributed by atoms with Crippen LogP contribution in [0.2, 0.25) is 0 Å². The van der Waals surface area contributed by atoms with Gasteiger partial charge in [0.25, 0.3) is 0 Å². The third kappa shape index (κ3) is 5.21. The molecular weight excluding hydrogens is 380 g/mol. The summed E-state index contributed by atoms with van der Waals surface area (Å²) in [5.74, 6) is 0.335. The van der Waals surface area contributed by atoms with E-state index in [1.165, 1.54) is 0 Å². The first-order valence-electron chi connectivity index (χ1n) is 10.1. The highest BCUT2D eigenvalue weighted by molar-refractivity contribution is 5.82. The van der Waals surface area contributed by atoms with Crippen LogP contribution >= 0.6 is 0 Å². The molecular formula is C24H28N2O4. The lowest BCUT2D eigenvalue weighted by Gasteiger charge is -2.11. The van der Waals surface area contributed by atoms with Crippen molar-refractivity contribution < 1.29 is 14.3 Å². The number of aromatic hydroxyl groups is 1. The molecule has 30 heavy (non-hydrogen) atoms. The van der Waals surface area contributed by atoms with Gasteiger partial charge in [-0.05, 0) is 61.7 Å². The number of hydrogen-bond donors (Lipinski definition) is 2. The molecule has 6 heteroatoms. The molecule has 0 saturated carbocycles. The molecule has 3 rings (SSSR count). The number of hydrogen-bond acceptors (Lipinski definition) is 6. The molecule has 0 amide bonds. The number of fused-ring (bicyclic) bond motifs is 1. The van der Waals surface area contributed by atoms with Gasteiger partial charge in [0.15, 0.2) is 5.76 Å². The lowest BCUT2D eigenvalue weighted by Crippen LogP contribution is -2.07.